The van der Waals surface area contributed by atoms with Crippen molar-refractivity contribution >= 4 is 21.8 Å². The molecule has 1 heterocycles. The van der Waals surface area contributed by atoms with Crippen molar-refractivity contribution in [2.75, 3.05) is 0 Å². The van der Waals surface area contributed by atoms with Crippen LogP contribution in [0.5, 0.6) is 0 Å². The predicted octanol–water partition coefficient (Wildman–Crippen LogP) is 1.40. The molecular weight excluding hydrogens is 246 g/mol. The molecule has 0 aliphatic carbocycles. The molecular formula is C9H8BrN3O. The van der Waals surface area contributed by atoms with Gasteiger partial charge in [-0.25, -0.2) is 4.98 Å². The summed E-state index contributed by atoms with van der Waals surface area (Å²) in [4.78, 5) is 15.0. The fourth-order valence-corrected chi connectivity index (χ4v) is 1.70. The summed E-state index contributed by atoms with van der Waals surface area (Å²) in [5.74, 6) is -0.530. The number of amides is 1. The normalized spacial score (nSPS) is 9.43. The lowest BCUT2D eigenvalue weighted by molar-refractivity contribution is 0.0998. The van der Waals surface area contributed by atoms with Crippen LogP contribution in [-0.2, 0) is 6.42 Å². The topological polar surface area (TPSA) is 79.8 Å². The van der Waals surface area contributed by atoms with E-state index in [4.69, 9.17) is 11.0 Å². The van der Waals surface area contributed by atoms with Gasteiger partial charge < -0.3 is 5.73 Å². The summed E-state index contributed by atoms with van der Waals surface area (Å²) in [7, 11) is 0. The smallest absolute Gasteiger partial charge is 0.251 e. The highest BCUT2D eigenvalue weighted by atomic mass is 79.9. The number of nitriles is 1. The Labute approximate surface area is 89.9 Å². The van der Waals surface area contributed by atoms with E-state index in [1.807, 2.05) is 6.07 Å². The van der Waals surface area contributed by atoms with Crippen LogP contribution in [-0.4, -0.2) is 10.9 Å². The molecule has 1 rings (SSSR count). The number of nitrogens with zero attached hydrogens (tertiary/aromatic N) is 2. The second-order valence-electron chi connectivity index (χ2n) is 2.66. The summed E-state index contributed by atoms with van der Waals surface area (Å²) in [5.41, 5.74) is 6.31. The SMILES string of the molecule is N#CCCc1ccnc(Br)c1C(N)=O. The lowest BCUT2D eigenvalue weighted by Crippen LogP contribution is -2.15. The molecule has 1 amide bonds. The van der Waals surface area contributed by atoms with E-state index in [1.54, 1.807) is 12.3 Å². The van der Waals surface area contributed by atoms with Crippen molar-refractivity contribution in [3.05, 3.63) is 28.0 Å². The van der Waals surface area contributed by atoms with Gasteiger partial charge in [0.25, 0.3) is 5.91 Å². The highest BCUT2D eigenvalue weighted by Gasteiger charge is 2.12. The van der Waals surface area contributed by atoms with E-state index in [2.05, 4.69) is 20.9 Å². The molecule has 5 heteroatoms. The average Bonchev–Trinajstić information content (AvgIpc) is 2.14. The molecule has 0 bridgehead atoms. The van der Waals surface area contributed by atoms with Crippen molar-refractivity contribution in [3.63, 3.8) is 0 Å². The average molecular weight is 254 g/mol. The molecule has 0 radical (unpaired) electrons. The molecule has 72 valence electrons. The first-order valence-corrected chi connectivity index (χ1v) is 4.76. The zero-order valence-electron chi connectivity index (χ0n) is 7.33. The van der Waals surface area contributed by atoms with Gasteiger partial charge in [0.2, 0.25) is 0 Å². The number of halogens is 1. The number of nitrogens with two attached hydrogens (primary N) is 1. The maximum absolute atomic E-state index is 11.1. The first kappa shape index (κ1) is 10.7. The fourth-order valence-electron chi connectivity index (χ4n) is 1.13. The number of primary amides is 1. The van der Waals surface area contributed by atoms with Crippen molar-refractivity contribution < 1.29 is 4.79 Å². The molecule has 0 aliphatic rings. The lowest BCUT2D eigenvalue weighted by atomic mass is 10.1. The monoisotopic (exact) mass is 253 g/mol. The molecule has 0 spiro atoms. The quantitative estimate of drug-likeness (QED) is 0.828. The molecule has 2 N–H and O–H groups in total. The summed E-state index contributed by atoms with van der Waals surface area (Å²) in [5, 5.41) is 8.43. The van der Waals surface area contributed by atoms with E-state index < -0.39 is 5.91 Å². The molecule has 0 saturated carbocycles. The standard InChI is InChI=1S/C9H8BrN3O/c10-8-7(9(12)14)6(2-1-4-11)3-5-13-8/h3,5H,1-2H2,(H2,12,14). The van der Waals surface area contributed by atoms with E-state index in [-0.39, 0.29) is 0 Å². The molecule has 0 aromatic carbocycles. The Morgan fingerprint density at radius 3 is 3.00 bits per heavy atom. The van der Waals surface area contributed by atoms with E-state index >= 15 is 0 Å². The number of aromatic nitrogens is 1. The van der Waals surface area contributed by atoms with E-state index in [1.165, 1.54) is 0 Å². The third kappa shape index (κ3) is 2.30. The Balaban J connectivity index is 3.09. The van der Waals surface area contributed by atoms with E-state index in [0.29, 0.717) is 23.0 Å². The Morgan fingerprint density at radius 1 is 1.71 bits per heavy atom. The number of pyridine rings is 1. The van der Waals surface area contributed by atoms with Gasteiger partial charge in [-0.3, -0.25) is 4.79 Å². The first-order valence-electron chi connectivity index (χ1n) is 3.97. The Morgan fingerprint density at radius 2 is 2.43 bits per heavy atom. The van der Waals surface area contributed by atoms with Crippen molar-refractivity contribution in [2.24, 2.45) is 5.73 Å². The lowest BCUT2D eigenvalue weighted by Gasteiger charge is -2.05. The summed E-state index contributed by atoms with van der Waals surface area (Å²) < 4.78 is 0.431. The van der Waals surface area contributed by atoms with Crippen LogP contribution in [0.15, 0.2) is 16.9 Å². The van der Waals surface area contributed by atoms with Crippen molar-refractivity contribution in [2.45, 2.75) is 12.8 Å². The Hall–Kier alpha value is -1.41. The Bertz CT molecular complexity index is 398. The second kappa shape index (κ2) is 4.72. The van der Waals surface area contributed by atoms with E-state index in [9.17, 15) is 4.79 Å². The molecule has 1 aromatic heterocycles. The maximum Gasteiger partial charge on any atom is 0.251 e. The molecule has 0 aliphatic heterocycles. The fraction of sp³-hybridized carbons (Fsp3) is 0.222. The number of hydrogen-bond acceptors (Lipinski definition) is 3. The van der Waals surface area contributed by atoms with Crippen LogP contribution in [0, 0.1) is 11.3 Å². The first-order chi connectivity index (χ1) is 6.66. The molecule has 1 aromatic rings. The van der Waals surface area contributed by atoms with Gasteiger partial charge in [-0.2, -0.15) is 5.26 Å². The van der Waals surface area contributed by atoms with Crippen LogP contribution in [0.1, 0.15) is 22.3 Å². The predicted molar refractivity (Wildman–Crippen MR) is 54.4 cm³/mol. The van der Waals surface area contributed by atoms with Gasteiger partial charge in [0.15, 0.2) is 0 Å². The molecule has 0 fully saturated rings. The number of rotatable bonds is 3. The third-order valence-corrected chi connectivity index (χ3v) is 2.34. The van der Waals surface area contributed by atoms with Gasteiger partial charge >= 0.3 is 0 Å². The number of carbonyl (C=O) groups is 1. The zero-order chi connectivity index (χ0) is 10.6. The van der Waals surface area contributed by atoms with Crippen LogP contribution in [0.2, 0.25) is 0 Å². The van der Waals surface area contributed by atoms with Gasteiger partial charge in [-0.05, 0) is 34.0 Å². The molecule has 14 heavy (non-hydrogen) atoms. The zero-order valence-corrected chi connectivity index (χ0v) is 8.91. The van der Waals surface area contributed by atoms with Gasteiger partial charge in [-0.1, -0.05) is 0 Å². The minimum atomic E-state index is -0.530. The highest BCUT2D eigenvalue weighted by molar-refractivity contribution is 9.10. The minimum absolute atomic E-state index is 0.358. The van der Waals surface area contributed by atoms with Gasteiger partial charge in [0.1, 0.15) is 4.60 Å². The maximum atomic E-state index is 11.1. The second-order valence-corrected chi connectivity index (χ2v) is 3.41. The highest BCUT2D eigenvalue weighted by Crippen LogP contribution is 2.18. The number of hydrogen-bond donors (Lipinski definition) is 1. The van der Waals surface area contributed by atoms with Crippen LogP contribution < -0.4 is 5.73 Å². The minimum Gasteiger partial charge on any atom is -0.366 e. The van der Waals surface area contributed by atoms with Crippen LogP contribution >= 0.6 is 15.9 Å². The van der Waals surface area contributed by atoms with Crippen LogP contribution in [0.4, 0.5) is 0 Å². The number of aryl methyl sites for hydroxylation is 1. The molecule has 0 saturated heterocycles. The van der Waals surface area contributed by atoms with Crippen molar-refractivity contribution in [3.8, 4) is 6.07 Å². The molecule has 4 nitrogen and oxygen atoms in total. The summed E-state index contributed by atoms with van der Waals surface area (Å²) in [6, 6.07) is 3.71. The van der Waals surface area contributed by atoms with Gasteiger partial charge in [-0.15, -0.1) is 0 Å². The molecule has 0 unspecified atom stereocenters. The van der Waals surface area contributed by atoms with Gasteiger partial charge in [0, 0.05) is 12.6 Å². The van der Waals surface area contributed by atoms with E-state index in [0.717, 1.165) is 5.56 Å². The third-order valence-electron chi connectivity index (χ3n) is 1.74. The largest absolute Gasteiger partial charge is 0.366 e. The number of carbonyl (C=O) groups excluding carboxylic acids is 1. The van der Waals surface area contributed by atoms with Crippen LogP contribution in [0.3, 0.4) is 0 Å². The molecule has 0 atom stereocenters. The van der Waals surface area contributed by atoms with Crippen molar-refractivity contribution in [1.82, 2.24) is 4.98 Å². The summed E-state index contributed by atoms with van der Waals surface area (Å²) in [6.07, 6.45) is 2.44. The van der Waals surface area contributed by atoms with Gasteiger partial charge in [0.05, 0.1) is 11.6 Å². The summed E-state index contributed by atoms with van der Waals surface area (Å²) >= 11 is 3.14. The summed E-state index contributed by atoms with van der Waals surface area (Å²) in [6.45, 7) is 0. The van der Waals surface area contributed by atoms with Crippen molar-refractivity contribution in [1.29, 1.82) is 5.26 Å². The Kier molecular flexibility index (Phi) is 3.60. The van der Waals surface area contributed by atoms with Crippen LogP contribution in [0.25, 0.3) is 0 Å².